The summed E-state index contributed by atoms with van der Waals surface area (Å²) in [5.41, 5.74) is 3.65. The van der Waals surface area contributed by atoms with E-state index in [4.69, 9.17) is 4.74 Å². The number of aromatic nitrogens is 4. The van der Waals surface area contributed by atoms with Gasteiger partial charge in [-0.3, -0.25) is 4.79 Å². The van der Waals surface area contributed by atoms with Crippen molar-refractivity contribution in [2.45, 2.75) is 39.3 Å². The van der Waals surface area contributed by atoms with E-state index in [1.54, 1.807) is 0 Å². The first-order valence-corrected chi connectivity index (χ1v) is 9.29. The number of tetrazole rings is 1. The predicted molar refractivity (Wildman–Crippen MR) is 107 cm³/mol. The first-order valence-electron chi connectivity index (χ1n) is 9.29. The highest BCUT2D eigenvalue weighted by Crippen LogP contribution is 2.18. The van der Waals surface area contributed by atoms with Crippen molar-refractivity contribution in [3.8, 4) is 0 Å². The molecule has 0 saturated carbocycles. The lowest BCUT2D eigenvalue weighted by molar-refractivity contribution is -0.156. The van der Waals surface area contributed by atoms with Crippen LogP contribution in [0.2, 0.25) is 0 Å². The number of ether oxygens (including phenoxy) is 1. The van der Waals surface area contributed by atoms with Gasteiger partial charge in [-0.2, -0.15) is 0 Å². The molecule has 29 heavy (non-hydrogen) atoms. The minimum atomic E-state index is -0.974. The van der Waals surface area contributed by atoms with Gasteiger partial charge in [0.2, 0.25) is 0 Å². The van der Waals surface area contributed by atoms with Crippen LogP contribution in [0.15, 0.2) is 54.9 Å². The Morgan fingerprint density at radius 3 is 2.55 bits per heavy atom. The number of amides is 1. The third-order valence-electron chi connectivity index (χ3n) is 4.53. The van der Waals surface area contributed by atoms with Crippen molar-refractivity contribution in [2.75, 3.05) is 5.32 Å². The minimum absolute atomic E-state index is 0.343. The summed E-state index contributed by atoms with van der Waals surface area (Å²) in [4.78, 5) is 25.3. The molecule has 0 spiro atoms. The molecule has 8 nitrogen and oxygen atoms in total. The van der Waals surface area contributed by atoms with Crippen LogP contribution < -0.4 is 5.32 Å². The molecular weight excluding hydrogens is 370 g/mol. The molecule has 0 radical (unpaired) electrons. The molecule has 0 unspecified atom stereocenters. The maximum atomic E-state index is 12.8. The molecule has 1 aromatic heterocycles. The van der Waals surface area contributed by atoms with Crippen LogP contribution in [0.3, 0.4) is 0 Å². The topological polar surface area (TPSA) is 99.0 Å². The summed E-state index contributed by atoms with van der Waals surface area (Å²) in [5.74, 6) is -0.982. The van der Waals surface area contributed by atoms with E-state index in [1.165, 1.54) is 17.9 Å². The molecule has 1 amide bonds. The van der Waals surface area contributed by atoms with Crippen LogP contribution in [-0.2, 0) is 20.7 Å². The molecule has 2 atom stereocenters. The second-order valence-corrected chi connectivity index (χ2v) is 6.88. The number of anilines is 1. The van der Waals surface area contributed by atoms with Crippen molar-refractivity contribution in [3.05, 3.63) is 71.5 Å². The van der Waals surface area contributed by atoms with Gasteiger partial charge in [-0.15, -0.1) is 5.10 Å². The van der Waals surface area contributed by atoms with Gasteiger partial charge >= 0.3 is 5.97 Å². The summed E-state index contributed by atoms with van der Waals surface area (Å²) in [6, 6.07) is 14.4. The molecule has 3 aromatic rings. The van der Waals surface area contributed by atoms with Gasteiger partial charge in [0.15, 0.2) is 12.1 Å². The number of carbonyl (C=O) groups excluding carboxylic acids is 2. The number of benzene rings is 2. The van der Waals surface area contributed by atoms with Gasteiger partial charge in [-0.25, -0.2) is 9.48 Å². The molecular formula is C21H23N5O3. The number of nitrogens with one attached hydrogen (secondary N) is 1. The molecule has 0 aliphatic rings. The quantitative estimate of drug-likeness (QED) is 0.620. The Labute approximate surface area is 168 Å². The van der Waals surface area contributed by atoms with Crippen molar-refractivity contribution < 1.29 is 14.3 Å². The highest BCUT2D eigenvalue weighted by atomic mass is 16.5. The summed E-state index contributed by atoms with van der Waals surface area (Å²) in [6.07, 6.45) is 0.726. The lowest BCUT2D eigenvalue weighted by Crippen LogP contribution is -2.34. The second kappa shape index (κ2) is 9.09. The maximum absolute atomic E-state index is 12.8. The summed E-state index contributed by atoms with van der Waals surface area (Å²) in [5, 5.41) is 13.8. The molecule has 0 bridgehead atoms. The number of esters is 1. The van der Waals surface area contributed by atoms with Crippen molar-refractivity contribution in [1.29, 1.82) is 0 Å². The minimum Gasteiger partial charge on any atom is -0.451 e. The van der Waals surface area contributed by atoms with Crippen LogP contribution >= 0.6 is 0 Å². The first-order chi connectivity index (χ1) is 13.9. The monoisotopic (exact) mass is 393 g/mol. The molecule has 0 saturated heterocycles. The van der Waals surface area contributed by atoms with Gasteiger partial charge in [0.05, 0.1) is 0 Å². The fraction of sp³-hybridized carbons (Fsp3) is 0.286. The fourth-order valence-corrected chi connectivity index (χ4v) is 2.93. The zero-order chi connectivity index (χ0) is 20.8. The summed E-state index contributed by atoms with van der Waals surface area (Å²) >= 11 is 0. The lowest BCUT2D eigenvalue weighted by atomic mass is 10.1. The normalized spacial score (nSPS) is 12.8. The number of hydrogen-bond acceptors (Lipinski definition) is 6. The van der Waals surface area contributed by atoms with E-state index in [1.807, 2.05) is 62.4 Å². The van der Waals surface area contributed by atoms with Crippen LogP contribution in [-0.4, -0.2) is 38.2 Å². The summed E-state index contributed by atoms with van der Waals surface area (Å²) < 4.78 is 6.78. The third-order valence-corrected chi connectivity index (χ3v) is 4.53. The summed E-state index contributed by atoms with van der Waals surface area (Å²) in [6.45, 7) is 5.43. The zero-order valence-electron chi connectivity index (χ0n) is 16.6. The highest BCUT2D eigenvalue weighted by Gasteiger charge is 2.28. The third kappa shape index (κ3) is 5.25. The summed E-state index contributed by atoms with van der Waals surface area (Å²) in [7, 11) is 0. The second-order valence-electron chi connectivity index (χ2n) is 6.88. The van der Waals surface area contributed by atoms with E-state index < -0.39 is 24.0 Å². The predicted octanol–water partition coefficient (Wildman–Crippen LogP) is 2.64. The van der Waals surface area contributed by atoms with Gasteiger partial charge in [0.1, 0.15) is 6.33 Å². The number of hydrogen-bond donors (Lipinski definition) is 1. The number of carbonyl (C=O) groups is 2. The Morgan fingerprint density at radius 2 is 1.90 bits per heavy atom. The standard InChI is InChI=1S/C21H23N5O3/c1-14-9-10-18(15(2)11-14)23-20(27)16(3)29-21(28)19(26-13-22-24-25-26)12-17-7-5-4-6-8-17/h4-11,13,16,19H,12H2,1-3H3,(H,23,27)/t16-,19-/m1/s1. The average molecular weight is 393 g/mol. The average Bonchev–Trinajstić information content (AvgIpc) is 3.23. The SMILES string of the molecule is Cc1ccc(NC(=O)[C@@H](C)OC(=O)[C@@H](Cc2ccccc2)n2cnnn2)c(C)c1. The molecule has 3 rings (SSSR count). The highest BCUT2D eigenvalue weighted by molar-refractivity contribution is 5.95. The Hall–Kier alpha value is -3.55. The molecule has 150 valence electrons. The van der Waals surface area contributed by atoms with Crippen molar-refractivity contribution in [2.24, 2.45) is 0 Å². The zero-order valence-corrected chi connectivity index (χ0v) is 16.6. The van der Waals surface area contributed by atoms with E-state index in [9.17, 15) is 9.59 Å². The molecule has 8 heteroatoms. The Balaban J connectivity index is 1.68. The Bertz CT molecular complexity index is 973. The Morgan fingerprint density at radius 1 is 1.14 bits per heavy atom. The van der Waals surface area contributed by atoms with Crippen LogP contribution in [0, 0.1) is 13.8 Å². The number of aryl methyl sites for hydroxylation is 2. The fourth-order valence-electron chi connectivity index (χ4n) is 2.93. The van der Waals surface area contributed by atoms with Crippen LogP contribution in [0.25, 0.3) is 0 Å². The number of nitrogens with zero attached hydrogens (tertiary/aromatic N) is 4. The number of rotatable bonds is 7. The van der Waals surface area contributed by atoms with E-state index in [2.05, 4.69) is 20.8 Å². The van der Waals surface area contributed by atoms with E-state index >= 15 is 0 Å². The Kier molecular flexibility index (Phi) is 6.33. The largest absolute Gasteiger partial charge is 0.451 e. The lowest BCUT2D eigenvalue weighted by Gasteiger charge is -2.19. The molecule has 0 aliphatic carbocycles. The van der Waals surface area contributed by atoms with Crippen molar-refractivity contribution >= 4 is 17.6 Å². The van der Waals surface area contributed by atoms with E-state index in [0.29, 0.717) is 12.1 Å². The molecule has 0 fully saturated rings. The van der Waals surface area contributed by atoms with Crippen LogP contribution in [0.1, 0.15) is 29.7 Å². The van der Waals surface area contributed by atoms with Crippen molar-refractivity contribution in [3.63, 3.8) is 0 Å². The molecule has 2 aromatic carbocycles. The smallest absolute Gasteiger partial charge is 0.332 e. The van der Waals surface area contributed by atoms with E-state index in [0.717, 1.165) is 16.7 Å². The van der Waals surface area contributed by atoms with Crippen molar-refractivity contribution in [1.82, 2.24) is 20.2 Å². The first kappa shape index (κ1) is 20.2. The van der Waals surface area contributed by atoms with Gasteiger partial charge in [0.25, 0.3) is 5.91 Å². The molecule has 1 heterocycles. The molecule has 1 N–H and O–H groups in total. The van der Waals surface area contributed by atoms with Gasteiger partial charge < -0.3 is 10.1 Å². The van der Waals surface area contributed by atoms with Gasteiger partial charge in [-0.05, 0) is 48.4 Å². The van der Waals surface area contributed by atoms with Gasteiger partial charge in [-0.1, -0.05) is 48.0 Å². The molecule has 0 aliphatic heterocycles. The van der Waals surface area contributed by atoms with Crippen LogP contribution in [0.5, 0.6) is 0 Å². The van der Waals surface area contributed by atoms with E-state index in [-0.39, 0.29) is 0 Å². The van der Waals surface area contributed by atoms with Crippen LogP contribution in [0.4, 0.5) is 5.69 Å². The maximum Gasteiger partial charge on any atom is 0.332 e. The van der Waals surface area contributed by atoms with Gasteiger partial charge in [0, 0.05) is 12.1 Å².